The van der Waals surface area contributed by atoms with Crippen LogP contribution in [-0.4, -0.2) is 24.3 Å². The molecule has 0 aromatic carbocycles. The molecular weight excluding hydrogens is 174 g/mol. The molecular formula is C12H25NO. The molecule has 1 unspecified atom stereocenters. The first-order valence-corrected chi connectivity index (χ1v) is 6.07. The number of aliphatic hydroxyl groups excluding tert-OH is 1. The Morgan fingerprint density at radius 3 is 2.50 bits per heavy atom. The molecule has 0 radical (unpaired) electrons. The van der Waals surface area contributed by atoms with Crippen LogP contribution in [0.25, 0.3) is 0 Å². The maximum Gasteiger partial charge on any atom is 0.0667 e. The van der Waals surface area contributed by atoms with Crippen molar-refractivity contribution >= 4 is 0 Å². The van der Waals surface area contributed by atoms with E-state index in [9.17, 15) is 5.11 Å². The molecule has 2 heteroatoms. The first-order valence-electron chi connectivity index (χ1n) is 6.07. The summed E-state index contributed by atoms with van der Waals surface area (Å²) in [5.74, 6) is 1.47. The third-order valence-electron chi connectivity index (χ3n) is 3.03. The van der Waals surface area contributed by atoms with Gasteiger partial charge >= 0.3 is 0 Å². The van der Waals surface area contributed by atoms with Crippen molar-refractivity contribution in [3.8, 4) is 0 Å². The molecule has 0 aromatic rings. The van der Waals surface area contributed by atoms with Crippen LogP contribution >= 0.6 is 0 Å². The van der Waals surface area contributed by atoms with Gasteiger partial charge in [0.05, 0.1) is 6.10 Å². The lowest BCUT2D eigenvalue weighted by Crippen LogP contribution is -2.31. The molecule has 1 fully saturated rings. The normalized spacial score (nSPS) is 20.6. The second-order valence-electron chi connectivity index (χ2n) is 5.09. The van der Waals surface area contributed by atoms with Gasteiger partial charge in [-0.05, 0) is 37.6 Å². The second kappa shape index (κ2) is 6.41. The summed E-state index contributed by atoms with van der Waals surface area (Å²) in [6.45, 7) is 6.18. The van der Waals surface area contributed by atoms with E-state index >= 15 is 0 Å². The zero-order chi connectivity index (χ0) is 10.4. The summed E-state index contributed by atoms with van der Waals surface area (Å²) >= 11 is 0. The van der Waals surface area contributed by atoms with Crippen molar-refractivity contribution in [3.63, 3.8) is 0 Å². The second-order valence-corrected chi connectivity index (χ2v) is 5.09. The quantitative estimate of drug-likeness (QED) is 0.687. The van der Waals surface area contributed by atoms with Gasteiger partial charge in [0.2, 0.25) is 0 Å². The van der Waals surface area contributed by atoms with Crippen LogP contribution in [0.5, 0.6) is 0 Å². The van der Waals surface area contributed by atoms with Crippen LogP contribution in [0.4, 0.5) is 0 Å². The van der Waals surface area contributed by atoms with Crippen molar-refractivity contribution in [3.05, 3.63) is 0 Å². The van der Waals surface area contributed by atoms with Gasteiger partial charge in [-0.2, -0.15) is 0 Å². The van der Waals surface area contributed by atoms with Crippen molar-refractivity contribution in [1.29, 1.82) is 0 Å². The van der Waals surface area contributed by atoms with E-state index in [1.54, 1.807) is 0 Å². The first-order chi connectivity index (χ1) is 6.68. The maximum atomic E-state index is 9.63. The lowest BCUT2D eigenvalue weighted by Gasteiger charge is -2.15. The summed E-state index contributed by atoms with van der Waals surface area (Å²) in [6.07, 6.45) is 6.33. The van der Waals surface area contributed by atoms with E-state index in [0.717, 1.165) is 25.4 Å². The Morgan fingerprint density at radius 2 is 1.93 bits per heavy atom. The van der Waals surface area contributed by atoms with E-state index in [4.69, 9.17) is 0 Å². The third kappa shape index (κ3) is 4.97. The predicted octanol–water partition coefficient (Wildman–Crippen LogP) is 2.17. The molecule has 0 amide bonds. The molecule has 2 N–H and O–H groups in total. The highest BCUT2D eigenvalue weighted by Gasteiger charge is 2.14. The molecule has 0 bridgehead atoms. The van der Waals surface area contributed by atoms with E-state index < -0.39 is 0 Å². The van der Waals surface area contributed by atoms with E-state index in [1.807, 2.05) is 0 Å². The van der Waals surface area contributed by atoms with Gasteiger partial charge in [-0.25, -0.2) is 0 Å². The molecule has 0 saturated heterocycles. The molecule has 1 saturated carbocycles. The van der Waals surface area contributed by atoms with Crippen molar-refractivity contribution < 1.29 is 5.11 Å². The lowest BCUT2D eigenvalue weighted by molar-refractivity contribution is 0.145. The van der Waals surface area contributed by atoms with E-state index in [2.05, 4.69) is 19.2 Å². The van der Waals surface area contributed by atoms with Crippen LogP contribution in [0.1, 0.15) is 46.0 Å². The van der Waals surface area contributed by atoms with E-state index in [1.165, 1.54) is 25.7 Å². The van der Waals surface area contributed by atoms with Crippen molar-refractivity contribution in [2.75, 3.05) is 13.1 Å². The summed E-state index contributed by atoms with van der Waals surface area (Å²) < 4.78 is 0. The van der Waals surface area contributed by atoms with Crippen LogP contribution in [0.15, 0.2) is 0 Å². The molecule has 1 aliphatic carbocycles. The number of hydrogen-bond acceptors (Lipinski definition) is 2. The van der Waals surface area contributed by atoms with Crippen LogP contribution in [0.3, 0.4) is 0 Å². The average Bonchev–Trinajstić information content (AvgIpc) is 2.55. The average molecular weight is 199 g/mol. The summed E-state index contributed by atoms with van der Waals surface area (Å²) in [7, 11) is 0. The Hall–Kier alpha value is -0.0800. The van der Waals surface area contributed by atoms with Gasteiger partial charge in [0.25, 0.3) is 0 Å². The fraction of sp³-hybridized carbons (Fsp3) is 1.00. The minimum atomic E-state index is -0.156. The zero-order valence-corrected chi connectivity index (χ0v) is 9.63. The molecule has 0 spiro atoms. The molecule has 0 aliphatic heterocycles. The SMILES string of the molecule is CC(C)CC(O)CNCC1CCCC1. The standard InChI is InChI=1S/C12H25NO/c1-10(2)7-12(14)9-13-8-11-5-3-4-6-11/h10-14H,3-9H2,1-2H3. The number of hydrogen-bond donors (Lipinski definition) is 2. The van der Waals surface area contributed by atoms with Crippen LogP contribution < -0.4 is 5.32 Å². The Kier molecular flexibility index (Phi) is 5.49. The molecule has 2 nitrogen and oxygen atoms in total. The van der Waals surface area contributed by atoms with Gasteiger partial charge in [-0.15, -0.1) is 0 Å². The highest BCUT2D eigenvalue weighted by atomic mass is 16.3. The Bertz CT molecular complexity index is 141. The topological polar surface area (TPSA) is 32.3 Å². The Morgan fingerprint density at radius 1 is 1.29 bits per heavy atom. The smallest absolute Gasteiger partial charge is 0.0667 e. The molecule has 1 aliphatic rings. The lowest BCUT2D eigenvalue weighted by atomic mass is 10.1. The van der Waals surface area contributed by atoms with Crippen molar-refractivity contribution in [2.45, 2.75) is 52.1 Å². The van der Waals surface area contributed by atoms with Crippen LogP contribution in [0.2, 0.25) is 0 Å². The summed E-state index contributed by atoms with van der Waals surface area (Å²) in [4.78, 5) is 0. The number of aliphatic hydroxyl groups is 1. The van der Waals surface area contributed by atoms with Gasteiger partial charge in [0.1, 0.15) is 0 Å². The number of rotatable bonds is 6. The summed E-state index contributed by atoms with van der Waals surface area (Å²) in [5, 5.41) is 13.0. The van der Waals surface area contributed by atoms with E-state index in [-0.39, 0.29) is 6.10 Å². The van der Waals surface area contributed by atoms with Gasteiger partial charge < -0.3 is 10.4 Å². The Balaban J connectivity index is 1.96. The minimum Gasteiger partial charge on any atom is -0.392 e. The first kappa shape index (κ1) is 12.0. The van der Waals surface area contributed by atoms with Crippen molar-refractivity contribution in [2.24, 2.45) is 11.8 Å². The van der Waals surface area contributed by atoms with Gasteiger partial charge in [-0.3, -0.25) is 0 Å². The molecule has 0 aromatic heterocycles. The molecule has 14 heavy (non-hydrogen) atoms. The largest absolute Gasteiger partial charge is 0.392 e. The Labute approximate surface area is 88.1 Å². The van der Waals surface area contributed by atoms with E-state index in [0.29, 0.717) is 5.92 Å². The zero-order valence-electron chi connectivity index (χ0n) is 9.63. The van der Waals surface area contributed by atoms with Gasteiger partial charge in [-0.1, -0.05) is 26.7 Å². The fourth-order valence-electron chi connectivity index (χ4n) is 2.30. The molecule has 0 heterocycles. The number of nitrogens with one attached hydrogen (secondary N) is 1. The monoisotopic (exact) mass is 199 g/mol. The highest BCUT2D eigenvalue weighted by molar-refractivity contribution is 4.70. The summed E-state index contributed by atoms with van der Waals surface area (Å²) in [5.41, 5.74) is 0. The molecule has 1 rings (SSSR count). The van der Waals surface area contributed by atoms with Crippen LogP contribution in [0, 0.1) is 11.8 Å². The minimum absolute atomic E-state index is 0.156. The van der Waals surface area contributed by atoms with Crippen LogP contribution in [-0.2, 0) is 0 Å². The third-order valence-corrected chi connectivity index (χ3v) is 3.03. The summed E-state index contributed by atoms with van der Waals surface area (Å²) in [6, 6.07) is 0. The fourth-order valence-corrected chi connectivity index (χ4v) is 2.30. The van der Waals surface area contributed by atoms with Gasteiger partial charge in [0, 0.05) is 6.54 Å². The highest BCUT2D eigenvalue weighted by Crippen LogP contribution is 2.23. The maximum absolute atomic E-state index is 9.63. The van der Waals surface area contributed by atoms with Gasteiger partial charge in [0.15, 0.2) is 0 Å². The predicted molar refractivity (Wildman–Crippen MR) is 60.3 cm³/mol. The molecule has 84 valence electrons. The molecule has 1 atom stereocenters. The van der Waals surface area contributed by atoms with Crippen molar-refractivity contribution in [1.82, 2.24) is 5.32 Å².